The molecule has 0 bridgehead atoms. The molecule has 0 radical (unpaired) electrons. The highest BCUT2D eigenvalue weighted by molar-refractivity contribution is 5.79. The number of rotatable bonds is 3. The van der Waals surface area contributed by atoms with Crippen molar-refractivity contribution in [3.8, 4) is 0 Å². The number of halogens is 2. The zero-order valence-electron chi connectivity index (χ0n) is 10.9. The number of hydrogen-bond acceptors (Lipinski definition) is 3. The highest BCUT2D eigenvalue weighted by Gasteiger charge is 2.21. The van der Waals surface area contributed by atoms with Gasteiger partial charge in [0.05, 0.1) is 0 Å². The van der Waals surface area contributed by atoms with Gasteiger partial charge in [-0.05, 0) is 39.8 Å². The van der Waals surface area contributed by atoms with Crippen molar-refractivity contribution in [3.05, 3.63) is 29.8 Å². The van der Waals surface area contributed by atoms with E-state index < -0.39 is 29.2 Å². The van der Waals surface area contributed by atoms with Crippen molar-refractivity contribution in [2.75, 3.05) is 5.32 Å². The first-order valence-corrected chi connectivity index (χ1v) is 5.63. The summed E-state index contributed by atoms with van der Waals surface area (Å²) in [7, 11) is 0. The summed E-state index contributed by atoms with van der Waals surface area (Å²) >= 11 is 0. The second-order valence-corrected chi connectivity index (χ2v) is 5.06. The predicted molar refractivity (Wildman–Crippen MR) is 65.3 cm³/mol. The third kappa shape index (κ3) is 4.69. The molecule has 0 aliphatic heterocycles. The molecule has 1 aromatic rings. The third-order valence-corrected chi connectivity index (χ3v) is 2.01. The zero-order valence-corrected chi connectivity index (χ0v) is 10.9. The van der Waals surface area contributed by atoms with E-state index in [0.717, 1.165) is 18.2 Å². The molecule has 1 rings (SSSR count). The van der Waals surface area contributed by atoms with E-state index >= 15 is 0 Å². The Morgan fingerprint density at radius 1 is 1.22 bits per heavy atom. The van der Waals surface area contributed by atoms with Crippen molar-refractivity contribution in [1.82, 2.24) is 0 Å². The van der Waals surface area contributed by atoms with E-state index in [4.69, 9.17) is 4.74 Å². The van der Waals surface area contributed by atoms with Crippen LogP contribution in [0.15, 0.2) is 18.2 Å². The Morgan fingerprint density at radius 3 is 2.17 bits per heavy atom. The number of carbonyl (C=O) groups is 1. The van der Waals surface area contributed by atoms with Crippen LogP contribution in [0.25, 0.3) is 0 Å². The molecule has 0 saturated heterocycles. The van der Waals surface area contributed by atoms with Gasteiger partial charge in [-0.2, -0.15) is 0 Å². The number of hydrogen-bond donors (Lipinski definition) is 1. The Kier molecular flexibility index (Phi) is 4.27. The molecule has 0 amide bonds. The van der Waals surface area contributed by atoms with Gasteiger partial charge in [0, 0.05) is 11.8 Å². The maximum atomic E-state index is 13.0. The molecule has 18 heavy (non-hydrogen) atoms. The molecule has 0 saturated carbocycles. The van der Waals surface area contributed by atoms with Crippen LogP contribution in [-0.2, 0) is 9.53 Å². The van der Waals surface area contributed by atoms with E-state index in [-0.39, 0.29) is 5.69 Å². The lowest BCUT2D eigenvalue weighted by molar-refractivity contribution is -0.155. The molecule has 3 nitrogen and oxygen atoms in total. The van der Waals surface area contributed by atoms with Crippen molar-refractivity contribution in [1.29, 1.82) is 0 Å². The van der Waals surface area contributed by atoms with E-state index in [1.807, 2.05) is 0 Å². The van der Waals surface area contributed by atoms with Crippen LogP contribution >= 0.6 is 0 Å². The largest absolute Gasteiger partial charge is 0.458 e. The fourth-order valence-electron chi connectivity index (χ4n) is 1.34. The summed E-state index contributed by atoms with van der Waals surface area (Å²) in [5.41, 5.74) is -0.397. The number of nitrogens with one attached hydrogen (secondary N) is 1. The quantitative estimate of drug-likeness (QED) is 0.845. The average Bonchev–Trinajstić information content (AvgIpc) is 2.12. The molecule has 0 heterocycles. The minimum atomic E-state index is -0.700. The molecule has 0 aliphatic carbocycles. The van der Waals surface area contributed by atoms with Crippen molar-refractivity contribution in [2.45, 2.75) is 39.3 Å². The van der Waals surface area contributed by atoms with Gasteiger partial charge in [0.15, 0.2) is 0 Å². The minimum absolute atomic E-state index is 0.200. The Hall–Kier alpha value is -1.65. The SMILES string of the molecule is CC(Nc1cc(F)cc(F)c1)C(=O)OC(C)(C)C. The first kappa shape index (κ1) is 14.4. The second kappa shape index (κ2) is 5.33. The Bertz CT molecular complexity index is 421. The van der Waals surface area contributed by atoms with Crippen LogP contribution in [0.1, 0.15) is 27.7 Å². The molecule has 1 atom stereocenters. The van der Waals surface area contributed by atoms with Gasteiger partial charge in [0.1, 0.15) is 23.3 Å². The standard InChI is InChI=1S/C13H17F2NO2/c1-8(12(17)18-13(2,3)4)16-11-6-9(14)5-10(15)7-11/h5-8,16H,1-4H3. The number of esters is 1. The highest BCUT2D eigenvalue weighted by Crippen LogP contribution is 2.15. The van der Waals surface area contributed by atoms with Crippen molar-refractivity contribution in [2.24, 2.45) is 0 Å². The topological polar surface area (TPSA) is 38.3 Å². The van der Waals surface area contributed by atoms with Gasteiger partial charge >= 0.3 is 5.97 Å². The number of anilines is 1. The fraction of sp³-hybridized carbons (Fsp3) is 0.462. The monoisotopic (exact) mass is 257 g/mol. The minimum Gasteiger partial charge on any atom is -0.458 e. The molecular formula is C13H17F2NO2. The normalized spacial score (nSPS) is 13.0. The van der Waals surface area contributed by atoms with E-state index in [0.29, 0.717) is 0 Å². The average molecular weight is 257 g/mol. The molecule has 0 aromatic heterocycles. The second-order valence-electron chi connectivity index (χ2n) is 5.06. The summed E-state index contributed by atoms with van der Waals surface area (Å²) in [6.45, 7) is 6.81. The number of benzene rings is 1. The van der Waals surface area contributed by atoms with Crippen molar-refractivity contribution in [3.63, 3.8) is 0 Å². The summed E-state index contributed by atoms with van der Waals surface area (Å²) in [6.07, 6.45) is 0. The van der Waals surface area contributed by atoms with Crippen LogP contribution < -0.4 is 5.32 Å². The van der Waals surface area contributed by atoms with Gasteiger partial charge in [-0.3, -0.25) is 0 Å². The van der Waals surface area contributed by atoms with Crippen LogP contribution in [0, 0.1) is 11.6 Å². The predicted octanol–water partition coefficient (Wildman–Crippen LogP) is 3.11. The van der Waals surface area contributed by atoms with E-state index in [1.54, 1.807) is 27.7 Å². The first-order valence-electron chi connectivity index (χ1n) is 5.63. The summed E-state index contributed by atoms with van der Waals surface area (Å²) < 4.78 is 31.1. The lowest BCUT2D eigenvalue weighted by Crippen LogP contribution is -2.34. The molecule has 1 aromatic carbocycles. The lowest BCUT2D eigenvalue weighted by atomic mass is 10.2. The molecule has 0 spiro atoms. The lowest BCUT2D eigenvalue weighted by Gasteiger charge is -2.23. The Morgan fingerprint density at radius 2 is 1.72 bits per heavy atom. The van der Waals surface area contributed by atoms with Gasteiger partial charge < -0.3 is 10.1 Å². The van der Waals surface area contributed by atoms with Crippen LogP contribution in [-0.4, -0.2) is 17.6 Å². The number of ether oxygens (including phenoxy) is 1. The van der Waals surface area contributed by atoms with Gasteiger partial charge in [0.25, 0.3) is 0 Å². The molecule has 5 heteroatoms. The van der Waals surface area contributed by atoms with Gasteiger partial charge in [0.2, 0.25) is 0 Å². The van der Waals surface area contributed by atoms with Crippen LogP contribution in [0.4, 0.5) is 14.5 Å². The van der Waals surface area contributed by atoms with Crippen LogP contribution in [0.3, 0.4) is 0 Å². The van der Waals surface area contributed by atoms with Crippen molar-refractivity contribution < 1.29 is 18.3 Å². The fourth-order valence-corrected chi connectivity index (χ4v) is 1.34. The summed E-state index contributed by atoms with van der Waals surface area (Å²) in [5, 5.41) is 2.69. The number of carbonyl (C=O) groups excluding carboxylic acids is 1. The smallest absolute Gasteiger partial charge is 0.328 e. The maximum Gasteiger partial charge on any atom is 0.328 e. The third-order valence-electron chi connectivity index (χ3n) is 2.01. The Labute approximate surface area is 105 Å². The molecular weight excluding hydrogens is 240 g/mol. The molecule has 1 unspecified atom stereocenters. The molecule has 1 N–H and O–H groups in total. The highest BCUT2D eigenvalue weighted by atomic mass is 19.1. The summed E-state index contributed by atoms with van der Waals surface area (Å²) in [4.78, 5) is 11.7. The van der Waals surface area contributed by atoms with Gasteiger partial charge in [-0.15, -0.1) is 0 Å². The Balaban J connectivity index is 2.69. The molecule has 0 aliphatic rings. The molecule has 100 valence electrons. The van der Waals surface area contributed by atoms with Crippen molar-refractivity contribution >= 4 is 11.7 Å². The summed E-state index contributed by atoms with van der Waals surface area (Å²) in [5.74, 6) is -1.88. The van der Waals surface area contributed by atoms with E-state index in [2.05, 4.69) is 5.32 Å². The van der Waals surface area contributed by atoms with Crippen LogP contribution in [0.2, 0.25) is 0 Å². The molecule has 0 fully saturated rings. The van der Waals surface area contributed by atoms with E-state index in [1.165, 1.54) is 0 Å². The van der Waals surface area contributed by atoms with Crippen LogP contribution in [0.5, 0.6) is 0 Å². The van der Waals surface area contributed by atoms with E-state index in [9.17, 15) is 13.6 Å². The summed E-state index contributed by atoms with van der Waals surface area (Å²) in [6, 6.07) is 2.31. The van der Waals surface area contributed by atoms with Gasteiger partial charge in [-0.25, -0.2) is 13.6 Å². The first-order chi connectivity index (χ1) is 8.17. The maximum absolute atomic E-state index is 13.0. The van der Waals surface area contributed by atoms with Gasteiger partial charge in [-0.1, -0.05) is 0 Å². The zero-order chi connectivity index (χ0) is 13.9.